The number of aryl methyl sites for hydroxylation is 1. The Morgan fingerprint density at radius 3 is 2.67 bits per heavy atom. The minimum Gasteiger partial charge on any atom is -0.465 e. The molecule has 0 unspecified atom stereocenters. The van der Waals surface area contributed by atoms with Crippen LogP contribution in [0.3, 0.4) is 0 Å². The molecule has 1 amide bonds. The van der Waals surface area contributed by atoms with Gasteiger partial charge >= 0.3 is 5.97 Å². The largest absolute Gasteiger partial charge is 0.465 e. The predicted molar refractivity (Wildman–Crippen MR) is 64.1 cm³/mol. The zero-order valence-electron chi connectivity index (χ0n) is 10.9. The number of rotatable bonds is 6. The van der Waals surface area contributed by atoms with Crippen molar-refractivity contribution in [3.05, 3.63) is 17.5 Å². The number of hydrogen-bond donors (Lipinski definition) is 0. The summed E-state index contributed by atoms with van der Waals surface area (Å²) in [6.07, 6.45) is 2.13. The molecule has 100 valence electrons. The van der Waals surface area contributed by atoms with Gasteiger partial charge in [0, 0.05) is 6.54 Å². The molecule has 0 spiro atoms. The minimum atomic E-state index is -0.409. The van der Waals surface area contributed by atoms with Crippen molar-refractivity contribution in [2.24, 2.45) is 0 Å². The van der Waals surface area contributed by atoms with Crippen LogP contribution in [-0.2, 0) is 9.53 Å². The number of ether oxygens (including phenoxy) is 1. The lowest BCUT2D eigenvalue weighted by atomic mass is 10.2. The highest BCUT2D eigenvalue weighted by atomic mass is 16.5. The third kappa shape index (κ3) is 3.58. The first-order valence-corrected chi connectivity index (χ1v) is 5.96. The molecule has 0 radical (unpaired) electrons. The lowest BCUT2D eigenvalue weighted by molar-refractivity contribution is -0.143. The first kappa shape index (κ1) is 14.2. The molecule has 1 rings (SSSR count). The predicted octanol–water partition coefficient (Wildman–Crippen LogP) is 1.40. The van der Waals surface area contributed by atoms with Crippen molar-refractivity contribution < 1.29 is 18.8 Å². The van der Waals surface area contributed by atoms with Gasteiger partial charge in [-0.05, 0) is 20.3 Å². The van der Waals surface area contributed by atoms with E-state index in [1.54, 1.807) is 13.8 Å². The fraction of sp³-hybridized carbons (Fsp3) is 0.583. The van der Waals surface area contributed by atoms with Gasteiger partial charge < -0.3 is 14.2 Å². The van der Waals surface area contributed by atoms with E-state index in [2.05, 4.69) is 5.16 Å². The van der Waals surface area contributed by atoms with Crippen LogP contribution in [0.15, 0.2) is 10.7 Å². The van der Waals surface area contributed by atoms with Gasteiger partial charge in [0.1, 0.15) is 17.9 Å². The van der Waals surface area contributed by atoms with E-state index in [0.717, 1.165) is 6.42 Å². The maximum absolute atomic E-state index is 12.2. The van der Waals surface area contributed by atoms with Gasteiger partial charge in [-0.15, -0.1) is 0 Å². The van der Waals surface area contributed by atoms with Crippen molar-refractivity contribution in [2.45, 2.75) is 27.2 Å². The summed E-state index contributed by atoms with van der Waals surface area (Å²) in [5, 5.41) is 3.56. The molecule has 6 nitrogen and oxygen atoms in total. The van der Waals surface area contributed by atoms with Crippen LogP contribution in [0.2, 0.25) is 0 Å². The molecule has 1 aromatic rings. The molecule has 0 atom stereocenters. The van der Waals surface area contributed by atoms with Gasteiger partial charge in [0.25, 0.3) is 5.91 Å². The quantitative estimate of drug-likeness (QED) is 0.717. The van der Waals surface area contributed by atoms with E-state index < -0.39 is 5.97 Å². The molecule has 0 N–H and O–H groups in total. The number of aromatic nitrogens is 1. The second-order valence-electron chi connectivity index (χ2n) is 3.83. The van der Waals surface area contributed by atoms with Crippen molar-refractivity contribution in [2.75, 3.05) is 19.7 Å². The Kier molecular flexibility index (Phi) is 5.35. The van der Waals surface area contributed by atoms with Gasteiger partial charge in [-0.1, -0.05) is 12.1 Å². The minimum absolute atomic E-state index is 0.0505. The molecule has 0 aliphatic carbocycles. The van der Waals surface area contributed by atoms with E-state index >= 15 is 0 Å². The van der Waals surface area contributed by atoms with Crippen LogP contribution < -0.4 is 0 Å². The van der Waals surface area contributed by atoms with Crippen LogP contribution in [0.5, 0.6) is 0 Å². The maximum Gasteiger partial charge on any atom is 0.325 e. The summed E-state index contributed by atoms with van der Waals surface area (Å²) in [6.45, 7) is 6.07. The lowest BCUT2D eigenvalue weighted by Crippen LogP contribution is -2.37. The number of hydrogen-bond acceptors (Lipinski definition) is 5. The summed E-state index contributed by atoms with van der Waals surface area (Å²) in [5.41, 5.74) is 0.382. The van der Waals surface area contributed by atoms with Gasteiger partial charge in [-0.3, -0.25) is 9.59 Å². The summed E-state index contributed by atoms with van der Waals surface area (Å²) >= 11 is 0. The summed E-state index contributed by atoms with van der Waals surface area (Å²) in [5.74, 6) is -0.220. The van der Waals surface area contributed by atoms with Crippen LogP contribution in [0.1, 0.15) is 36.4 Å². The number of carbonyl (C=O) groups excluding carboxylic acids is 2. The van der Waals surface area contributed by atoms with Crippen LogP contribution in [0, 0.1) is 6.92 Å². The Morgan fingerprint density at radius 2 is 2.17 bits per heavy atom. The second-order valence-corrected chi connectivity index (χ2v) is 3.83. The zero-order chi connectivity index (χ0) is 13.5. The van der Waals surface area contributed by atoms with E-state index in [0.29, 0.717) is 24.5 Å². The van der Waals surface area contributed by atoms with E-state index in [1.165, 1.54) is 11.1 Å². The number of carbonyl (C=O) groups is 2. The molecule has 0 saturated heterocycles. The molecule has 1 aromatic heterocycles. The summed E-state index contributed by atoms with van der Waals surface area (Å²) in [7, 11) is 0. The summed E-state index contributed by atoms with van der Waals surface area (Å²) in [6, 6.07) is 0. The van der Waals surface area contributed by atoms with Gasteiger partial charge in [-0.2, -0.15) is 0 Å². The van der Waals surface area contributed by atoms with Gasteiger partial charge in [0.2, 0.25) is 0 Å². The normalized spacial score (nSPS) is 10.2. The Morgan fingerprint density at radius 1 is 1.44 bits per heavy atom. The molecule has 0 aliphatic rings. The van der Waals surface area contributed by atoms with Crippen molar-refractivity contribution in [3.63, 3.8) is 0 Å². The fourth-order valence-corrected chi connectivity index (χ4v) is 1.56. The van der Waals surface area contributed by atoms with E-state index in [4.69, 9.17) is 9.26 Å². The molecular formula is C12H18N2O4. The molecule has 0 saturated carbocycles. The molecule has 0 aliphatic heterocycles. The lowest BCUT2D eigenvalue weighted by Gasteiger charge is -2.20. The Balaban J connectivity index is 2.75. The van der Waals surface area contributed by atoms with Crippen molar-refractivity contribution >= 4 is 11.9 Å². The standard InChI is InChI=1S/C12H18N2O4/c1-4-6-14(8-11(15)17-5-2)12(16)10-7-13-18-9(10)3/h7H,4-6,8H2,1-3H3. The highest BCUT2D eigenvalue weighted by Gasteiger charge is 2.22. The van der Waals surface area contributed by atoms with Crippen LogP contribution >= 0.6 is 0 Å². The third-order valence-corrected chi connectivity index (χ3v) is 2.39. The third-order valence-electron chi connectivity index (χ3n) is 2.39. The first-order chi connectivity index (χ1) is 8.60. The topological polar surface area (TPSA) is 72.6 Å². The average molecular weight is 254 g/mol. The molecule has 0 fully saturated rings. The van der Waals surface area contributed by atoms with E-state index in [1.807, 2.05) is 6.92 Å². The van der Waals surface area contributed by atoms with Crippen molar-refractivity contribution in [1.82, 2.24) is 10.1 Å². The SMILES string of the molecule is CCCN(CC(=O)OCC)C(=O)c1cnoc1C. The Labute approximate surface area is 106 Å². The van der Waals surface area contributed by atoms with Crippen molar-refractivity contribution in [1.29, 1.82) is 0 Å². The van der Waals surface area contributed by atoms with Gasteiger partial charge in [-0.25, -0.2) is 0 Å². The van der Waals surface area contributed by atoms with Crippen LogP contribution in [-0.4, -0.2) is 41.6 Å². The fourth-order valence-electron chi connectivity index (χ4n) is 1.56. The van der Waals surface area contributed by atoms with Crippen molar-refractivity contribution in [3.8, 4) is 0 Å². The monoisotopic (exact) mass is 254 g/mol. The smallest absolute Gasteiger partial charge is 0.325 e. The molecule has 1 heterocycles. The highest BCUT2D eigenvalue weighted by molar-refractivity contribution is 5.96. The first-order valence-electron chi connectivity index (χ1n) is 5.96. The Bertz CT molecular complexity index is 414. The second kappa shape index (κ2) is 6.78. The van der Waals surface area contributed by atoms with Gasteiger partial charge in [0.05, 0.1) is 12.8 Å². The number of esters is 1. The molecule has 0 bridgehead atoms. The van der Waals surface area contributed by atoms with E-state index in [9.17, 15) is 9.59 Å². The molecular weight excluding hydrogens is 236 g/mol. The van der Waals surface area contributed by atoms with Gasteiger partial charge in [0.15, 0.2) is 0 Å². The summed E-state index contributed by atoms with van der Waals surface area (Å²) < 4.78 is 9.70. The highest BCUT2D eigenvalue weighted by Crippen LogP contribution is 2.10. The number of amides is 1. The van der Waals surface area contributed by atoms with Crippen LogP contribution in [0.4, 0.5) is 0 Å². The molecule has 6 heteroatoms. The summed E-state index contributed by atoms with van der Waals surface area (Å²) in [4.78, 5) is 25.0. The maximum atomic E-state index is 12.2. The molecule has 0 aromatic carbocycles. The average Bonchev–Trinajstić information content (AvgIpc) is 2.74. The molecule has 18 heavy (non-hydrogen) atoms. The zero-order valence-corrected chi connectivity index (χ0v) is 10.9. The van der Waals surface area contributed by atoms with Crippen LogP contribution in [0.25, 0.3) is 0 Å². The Hall–Kier alpha value is -1.85. The number of nitrogens with zero attached hydrogens (tertiary/aromatic N) is 2. The van der Waals surface area contributed by atoms with E-state index in [-0.39, 0.29) is 12.5 Å².